The van der Waals surface area contributed by atoms with E-state index in [1.54, 1.807) is 0 Å². The van der Waals surface area contributed by atoms with Gasteiger partial charge in [-0.25, -0.2) is 0 Å². The number of hydrogen-bond acceptors (Lipinski definition) is 2. The largest absolute Gasteiger partial charge is 0.355 e. The normalized spacial score (nSPS) is 15.6. The number of fused-ring (bicyclic) bond motifs is 1. The van der Waals surface area contributed by atoms with E-state index >= 15 is 0 Å². The Bertz CT molecular complexity index is 599. The van der Waals surface area contributed by atoms with E-state index in [4.69, 9.17) is 0 Å². The number of aromatic nitrogens is 1. The number of likely N-dealkylation sites (tertiary alicyclic amines) is 1. The van der Waals surface area contributed by atoms with Crippen molar-refractivity contribution in [1.82, 2.24) is 14.8 Å². The van der Waals surface area contributed by atoms with Crippen LogP contribution in [-0.2, 0) is 11.3 Å². The van der Waals surface area contributed by atoms with Crippen LogP contribution in [0.1, 0.15) is 19.3 Å². The summed E-state index contributed by atoms with van der Waals surface area (Å²) in [6.07, 6.45) is 5.67. The second-order valence-electron chi connectivity index (χ2n) is 5.75. The molecule has 4 nitrogen and oxygen atoms in total. The third-order valence-electron chi connectivity index (χ3n) is 4.17. The Morgan fingerprint density at radius 2 is 1.95 bits per heavy atom. The summed E-state index contributed by atoms with van der Waals surface area (Å²) in [6.45, 7) is 4.73. The third-order valence-corrected chi connectivity index (χ3v) is 4.17. The predicted molar refractivity (Wildman–Crippen MR) is 85.2 cm³/mol. The summed E-state index contributed by atoms with van der Waals surface area (Å²) in [5.74, 6) is 0.0952. The highest BCUT2D eigenvalue weighted by atomic mass is 16.1. The molecule has 0 bridgehead atoms. The number of nitrogens with one attached hydrogen (secondary N) is 1. The first-order valence-electron chi connectivity index (χ1n) is 7.86. The maximum absolute atomic E-state index is 12.0. The fourth-order valence-corrected chi connectivity index (χ4v) is 3.03. The molecule has 0 saturated carbocycles. The van der Waals surface area contributed by atoms with E-state index in [1.807, 2.05) is 22.9 Å². The van der Waals surface area contributed by atoms with Crippen molar-refractivity contribution in [2.24, 2.45) is 0 Å². The average Bonchev–Trinajstić information content (AvgIpc) is 3.14. The highest BCUT2D eigenvalue weighted by Crippen LogP contribution is 2.14. The van der Waals surface area contributed by atoms with E-state index < -0.39 is 0 Å². The predicted octanol–water partition coefficient (Wildman–Crippen LogP) is 2.24. The van der Waals surface area contributed by atoms with Crippen LogP contribution in [0, 0.1) is 0 Å². The Hall–Kier alpha value is -1.81. The van der Waals surface area contributed by atoms with Crippen molar-refractivity contribution in [3.63, 3.8) is 0 Å². The van der Waals surface area contributed by atoms with Crippen molar-refractivity contribution in [3.8, 4) is 0 Å². The van der Waals surface area contributed by atoms with E-state index in [0.717, 1.165) is 25.0 Å². The van der Waals surface area contributed by atoms with E-state index in [-0.39, 0.29) is 5.91 Å². The number of hydrogen-bond donors (Lipinski definition) is 1. The van der Waals surface area contributed by atoms with Gasteiger partial charge in [0.1, 0.15) is 6.54 Å². The molecule has 1 aromatic heterocycles. The van der Waals surface area contributed by atoms with Gasteiger partial charge in [-0.3, -0.25) is 4.79 Å². The molecule has 0 atom stereocenters. The minimum Gasteiger partial charge on any atom is -0.355 e. The van der Waals surface area contributed by atoms with Crippen molar-refractivity contribution in [2.45, 2.75) is 25.8 Å². The topological polar surface area (TPSA) is 37.3 Å². The maximum Gasteiger partial charge on any atom is 0.239 e. The Kier molecular flexibility index (Phi) is 4.55. The third kappa shape index (κ3) is 3.64. The van der Waals surface area contributed by atoms with Crippen molar-refractivity contribution in [1.29, 1.82) is 0 Å². The fourth-order valence-electron chi connectivity index (χ4n) is 3.03. The summed E-state index contributed by atoms with van der Waals surface area (Å²) in [6, 6.07) is 10.2. The molecule has 0 spiro atoms. The second kappa shape index (κ2) is 6.76. The highest BCUT2D eigenvalue weighted by molar-refractivity contribution is 5.83. The van der Waals surface area contributed by atoms with Crippen LogP contribution < -0.4 is 5.32 Å². The molecule has 112 valence electrons. The lowest BCUT2D eigenvalue weighted by molar-refractivity contribution is -0.121. The van der Waals surface area contributed by atoms with Crippen molar-refractivity contribution < 1.29 is 4.79 Å². The van der Waals surface area contributed by atoms with Crippen LogP contribution in [0.25, 0.3) is 10.9 Å². The smallest absolute Gasteiger partial charge is 0.239 e. The number of carbonyl (C=O) groups excluding carboxylic acids is 1. The first-order chi connectivity index (χ1) is 10.3. The number of rotatable bonds is 6. The molecule has 0 aliphatic carbocycles. The van der Waals surface area contributed by atoms with Crippen LogP contribution in [0.5, 0.6) is 0 Å². The van der Waals surface area contributed by atoms with Gasteiger partial charge >= 0.3 is 0 Å². The molecule has 1 saturated heterocycles. The van der Waals surface area contributed by atoms with Crippen molar-refractivity contribution >= 4 is 16.8 Å². The molecule has 1 fully saturated rings. The van der Waals surface area contributed by atoms with Crippen molar-refractivity contribution in [2.75, 3.05) is 26.2 Å². The molecule has 0 radical (unpaired) electrons. The second-order valence-corrected chi connectivity index (χ2v) is 5.75. The van der Waals surface area contributed by atoms with Gasteiger partial charge in [-0.2, -0.15) is 0 Å². The van der Waals surface area contributed by atoms with E-state index in [9.17, 15) is 4.79 Å². The Morgan fingerprint density at radius 3 is 2.81 bits per heavy atom. The molecule has 21 heavy (non-hydrogen) atoms. The molecular weight excluding hydrogens is 262 g/mol. The zero-order valence-corrected chi connectivity index (χ0v) is 12.4. The summed E-state index contributed by atoms with van der Waals surface area (Å²) in [5, 5.41) is 4.20. The van der Waals surface area contributed by atoms with Gasteiger partial charge < -0.3 is 14.8 Å². The molecular formula is C17H23N3O. The SMILES string of the molecule is O=C(Cn1ccc2ccccc21)NCCCN1CCCC1. The molecule has 1 aliphatic heterocycles. The Morgan fingerprint density at radius 1 is 1.14 bits per heavy atom. The van der Waals surface area contributed by atoms with Gasteiger partial charge in [-0.05, 0) is 56.4 Å². The zero-order chi connectivity index (χ0) is 14.5. The summed E-state index contributed by atoms with van der Waals surface area (Å²) < 4.78 is 2.01. The lowest BCUT2D eigenvalue weighted by Gasteiger charge is -2.14. The van der Waals surface area contributed by atoms with Gasteiger partial charge in [-0.15, -0.1) is 0 Å². The molecule has 1 amide bonds. The van der Waals surface area contributed by atoms with Gasteiger partial charge in [0.15, 0.2) is 0 Å². The van der Waals surface area contributed by atoms with Crippen molar-refractivity contribution in [3.05, 3.63) is 36.5 Å². The summed E-state index contributed by atoms with van der Waals surface area (Å²) in [5.41, 5.74) is 1.12. The highest BCUT2D eigenvalue weighted by Gasteiger charge is 2.10. The van der Waals surface area contributed by atoms with Gasteiger partial charge in [-0.1, -0.05) is 18.2 Å². The first-order valence-corrected chi connectivity index (χ1v) is 7.86. The monoisotopic (exact) mass is 285 g/mol. The van der Waals surface area contributed by atoms with Crippen LogP contribution >= 0.6 is 0 Å². The summed E-state index contributed by atoms with van der Waals surface area (Å²) in [4.78, 5) is 14.5. The quantitative estimate of drug-likeness (QED) is 0.827. The van der Waals surface area contributed by atoms with Gasteiger partial charge in [0.25, 0.3) is 0 Å². The number of benzene rings is 1. The van der Waals surface area contributed by atoms with E-state index in [0.29, 0.717) is 6.54 Å². The Labute approximate surface area is 125 Å². The number of para-hydroxylation sites is 1. The summed E-state index contributed by atoms with van der Waals surface area (Å²) >= 11 is 0. The molecule has 0 unspecified atom stereocenters. The molecule has 2 aromatic rings. The maximum atomic E-state index is 12.0. The van der Waals surface area contributed by atoms with E-state index in [1.165, 1.54) is 31.3 Å². The molecule has 1 aliphatic rings. The minimum atomic E-state index is 0.0952. The Balaban J connectivity index is 1.43. The van der Waals surface area contributed by atoms with Crippen LogP contribution in [0.15, 0.2) is 36.5 Å². The van der Waals surface area contributed by atoms with E-state index in [2.05, 4.69) is 28.4 Å². The molecule has 2 heterocycles. The van der Waals surface area contributed by atoms with Gasteiger partial charge in [0.05, 0.1) is 0 Å². The average molecular weight is 285 g/mol. The summed E-state index contributed by atoms with van der Waals surface area (Å²) in [7, 11) is 0. The number of carbonyl (C=O) groups is 1. The molecule has 1 N–H and O–H groups in total. The van der Waals surface area contributed by atoms with Gasteiger partial charge in [0.2, 0.25) is 5.91 Å². The lowest BCUT2D eigenvalue weighted by atomic mass is 10.2. The van der Waals surface area contributed by atoms with Crippen LogP contribution in [0.2, 0.25) is 0 Å². The number of amides is 1. The first kappa shape index (κ1) is 14.1. The molecule has 4 heteroatoms. The minimum absolute atomic E-state index is 0.0952. The van der Waals surface area contributed by atoms with Crippen LogP contribution in [-0.4, -0.2) is 41.6 Å². The molecule has 1 aromatic carbocycles. The standard InChI is InChI=1S/C17H23N3O/c21-17(18-9-5-12-19-10-3-4-11-19)14-20-13-8-15-6-1-2-7-16(15)20/h1-2,6-8,13H,3-5,9-12,14H2,(H,18,21). The van der Waals surface area contributed by atoms with Crippen LogP contribution in [0.3, 0.4) is 0 Å². The fraction of sp³-hybridized carbons (Fsp3) is 0.471. The lowest BCUT2D eigenvalue weighted by Crippen LogP contribution is -2.30. The number of nitrogens with zero attached hydrogens (tertiary/aromatic N) is 2. The zero-order valence-electron chi connectivity index (χ0n) is 12.4. The van der Waals surface area contributed by atoms with Crippen LogP contribution in [0.4, 0.5) is 0 Å². The molecule has 3 rings (SSSR count). The van der Waals surface area contributed by atoms with Gasteiger partial charge in [0, 0.05) is 18.3 Å².